The fraction of sp³-hybridized carbons (Fsp3) is 0.500. The van der Waals surface area contributed by atoms with Crippen LogP contribution in [-0.4, -0.2) is 41.6 Å². The number of carbonyl (C=O) groups excluding carboxylic acids is 2. The average Bonchev–Trinajstić information content (AvgIpc) is 3.45. The number of aryl methyl sites for hydroxylation is 2. The standard InChI is InChI=1S/C36H50N2O4S/c1-9-42-20-11-19-37-34(41)32(27-16-13-25(2)14-17-27)38(24-28-12-10-21-43-28)31(39)18-15-26-22-29(35(3,4)5)33(40)30(23-26)36(6,7)8/h10,12-14,16-17,21-23,32,40H,9,11,15,18-20,24H2,1-8H3,(H,37,41). The molecule has 2 amide bonds. The maximum Gasteiger partial charge on any atom is 0.247 e. The van der Waals surface area contributed by atoms with Crippen LogP contribution < -0.4 is 5.32 Å². The van der Waals surface area contributed by atoms with E-state index in [2.05, 4.69) is 46.9 Å². The summed E-state index contributed by atoms with van der Waals surface area (Å²) in [6.07, 6.45) is 1.44. The fourth-order valence-corrected chi connectivity index (χ4v) is 5.82. The van der Waals surface area contributed by atoms with Gasteiger partial charge in [0.1, 0.15) is 11.8 Å². The summed E-state index contributed by atoms with van der Waals surface area (Å²) in [7, 11) is 0. The quantitative estimate of drug-likeness (QED) is 0.196. The van der Waals surface area contributed by atoms with Gasteiger partial charge < -0.3 is 20.1 Å². The molecule has 0 saturated carbocycles. The number of nitrogens with zero attached hydrogens (tertiary/aromatic N) is 1. The summed E-state index contributed by atoms with van der Waals surface area (Å²) in [5.41, 5.74) is 4.12. The number of phenolic OH excluding ortho intramolecular Hbond substituents is 1. The molecule has 0 aliphatic carbocycles. The molecule has 3 aromatic rings. The maximum absolute atomic E-state index is 14.2. The normalized spacial score (nSPS) is 12.7. The zero-order chi connectivity index (χ0) is 31.8. The lowest BCUT2D eigenvalue weighted by molar-refractivity contribution is -0.141. The number of hydrogen-bond acceptors (Lipinski definition) is 5. The number of benzene rings is 2. The zero-order valence-corrected chi connectivity index (χ0v) is 28.1. The summed E-state index contributed by atoms with van der Waals surface area (Å²) >= 11 is 1.58. The summed E-state index contributed by atoms with van der Waals surface area (Å²) in [4.78, 5) is 30.7. The van der Waals surface area contributed by atoms with E-state index in [9.17, 15) is 14.7 Å². The van der Waals surface area contributed by atoms with E-state index in [4.69, 9.17) is 4.74 Å². The number of aromatic hydroxyl groups is 1. The van der Waals surface area contributed by atoms with E-state index in [0.29, 0.717) is 44.9 Å². The van der Waals surface area contributed by atoms with Crippen molar-refractivity contribution in [3.63, 3.8) is 0 Å². The minimum atomic E-state index is -0.766. The van der Waals surface area contributed by atoms with Gasteiger partial charge in [-0.3, -0.25) is 9.59 Å². The lowest BCUT2D eigenvalue weighted by Gasteiger charge is -2.32. The van der Waals surface area contributed by atoms with Crippen LogP contribution in [0.5, 0.6) is 5.75 Å². The molecule has 2 N–H and O–H groups in total. The van der Waals surface area contributed by atoms with E-state index in [-0.39, 0.29) is 29.1 Å². The van der Waals surface area contributed by atoms with Crippen LogP contribution in [0.15, 0.2) is 53.9 Å². The van der Waals surface area contributed by atoms with Gasteiger partial charge in [-0.25, -0.2) is 0 Å². The summed E-state index contributed by atoms with van der Waals surface area (Å²) in [6.45, 7) is 18.5. The molecule has 1 unspecified atom stereocenters. The molecular weight excluding hydrogens is 556 g/mol. The molecule has 0 saturated heterocycles. The van der Waals surface area contributed by atoms with Crippen molar-refractivity contribution < 1.29 is 19.4 Å². The first-order chi connectivity index (χ1) is 20.2. The number of hydrogen-bond donors (Lipinski definition) is 2. The minimum Gasteiger partial charge on any atom is -0.507 e. The molecule has 0 aliphatic heterocycles. The van der Waals surface area contributed by atoms with Gasteiger partial charge in [0.2, 0.25) is 11.8 Å². The van der Waals surface area contributed by atoms with Crippen LogP contribution in [0.1, 0.15) is 100 Å². The molecule has 7 heteroatoms. The third-order valence-electron chi connectivity index (χ3n) is 7.56. The van der Waals surface area contributed by atoms with Crippen molar-refractivity contribution in [3.8, 4) is 5.75 Å². The Balaban J connectivity index is 1.95. The summed E-state index contributed by atoms with van der Waals surface area (Å²) in [5.74, 6) is 0.0425. The molecule has 2 aromatic carbocycles. The van der Waals surface area contributed by atoms with Crippen molar-refractivity contribution in [2.45, 2.75) is 98.1 Å². The Bertz CT molecular complexity index is 1300. The van der Waals surface area contributed by atoms with E-state index < -0.39 is 6.04 Å². The van der Waals surface area contributed by atoms with E-state index in [1.807, 2.05) is 67.8 Å². The van der Waals surface area contributed by atoms with Gasteiger partial charge in [0.15, 0.2) is 0 Å². The summed E-state index contributed by atoms with van der Waals surface area (Å²) in [6, 6.07) is 15.1. The van der Waals surface area contributed by atoms with Gasteiger partial charge in [-0.1, -0.05) is 89.6 Å². The van der Waals surface area contributed by atoms with Crippen molar-refractivity contribution in [2.24, 2.45) is 0 Å². The molecule has 1 heterocycles. The Kier molecular flexibility index (Phi) is 12.0. The number of nitrogens with one attached hydrogen (secondary N) is 1. The number of phenols is 1. The Hall–Kier alpha value is -3.16. The molecule has 0 radical (unpaired) electrons. The van der Waals surface area contributed by atoms with Gasteiger partial charge in [0.05, 0.1) is 6.54 Å². The number of carbonyl (C=O) groups is 2. The van der Waals surface area contributed by atoms with Crippen LogP contribution in [0.4, 0.5) is 0 Å². The predicted octanol–water partition coefficient (Wildman–Crippen LogP) is 7.60. The molecule has 0 bridgehead atoms. The third kappa shape index (κ3) is 9.67. The van der Waals surface area contributed by atoms with Crippen LogP contribution in [0.25, 0.3) is 0 Å². The summed E-state index contributed by atoms with van der Waals surface area (Å²) < 4.78 is 5.44. The smallest absolute Gasteiger partial charge is 0.247 e. The maximum atomic E-state index is 14.2. The molecule has 6 nitrogen and oxygen atoms in total. The minimum absolute atomic E-state index is 0.0915. The zero-order valence-electron chi connectivity index (χ0n) is 27.3. The summed E-state index contributed by atoms with van der Waals surface area (Å²) in [5, 5.41) is 16.2. The molecule has 0 spiro atoms. The monoisotopic (exact) mass is 606 g/mol. The molecule has 0 fully saturated rings. The second-order valence-corrected chi connectivity index (χ2v) is 14.3. The number of thiophene rings is 1. The second kappa shape index (κ2) is 15.0. The number of ether oxygens (including phenoxy) is 1. The first-order valence-electron chi connectivity index (χ1n) is 15.3. The highest BCUT2D eigenvalue weighted by Crippen LogP contribution is 2.40. The van der Waals surface area contributed by atoms with E-state index in [1.165, 1.54) is 0 Å². The molecule has 1 atom stereocenters. The van der Waals surface area contributed by atoms with Crippen molar-refractivity contribution >= 4 is 23.2 Å². The lowest BCUT2D eigenvalue weighted by atomic mass is 9.78. The molecule has 0 aliphatic rings. The highest BCUT2D eigenvalue weighted by atomic mass is 32.1. The second-order valence-electron chi connectivity index (χ2n) is 13.3. The Labute approximate surface area is 262 Å². The average molecular weight is 607 g/mol. The van der Waals surface area contributed by atoms with Gasteiger partial charge >= 0.3 is 0 Å². The van der Waals surface area contributed by atoms with Gasteiger partial charge in [-0.05, 0) is 71.2 Å². The Morgan fingerprint density at radius 2 is 1.63 bits per heavy atom. The molecule has 1 aromatic heterocycles. The van der Waals surface area contributed by atoms with Crippen molar-refractivity contribution in [1.29, 1.82) is 0 Å². The Morgan fingerprint density at radius 1 is 1.00 bits per heavy atom. The number of rotatable bonds is 13. The van der Waals surface area contributed by atoms with Crippen molar-refractivity contribution in [1.82, 2.24) is 10.2 Å². The van der Waals surface area contributed by atoms with Gasteiger partial charge in [0.25, 0.3) is 0 Å². The van der Waals surface area contributed by atoms with Gasteiger partial charge in [0, 0.05) is 31.1 Å². The highest BCUT2D eigenvalue weighted by molar-refractivity contribution is 7.09. The molecule has 3 rings (SSSR count). The molecular formula is C36H50N2O4S. The van der Waals surface area contributed by atoms with E-state index in [1.54, 1.807) is 16.2 Å². The lowest BCUT2D eigenvalue weighted by Crippen LogP contribution is -2.43. The van der Waals surface area contributed by atoms with Gasteiger partial charge in [-0.2, -0.15) is 0 Å². The van der Waals surface area contributed by atoms with Crippen LogP contribution in [-0.2, 0) is 38.1 Å². The van der Waals surface area contributed by atoms with Crippen molar-refractivity contribution in [2.75, 3.05) is 19.8 Å². The van der Waals surface area contributed by atoms with Crippen LogP contribution in [0.3, 0.4) is 0 Å². The SMILES string of the molecule is CCOCCCNC(=O)C(c1ccc(C)cc1)N(Cc1cccs1)C(=O)CCc1cc(C(C)(C)C)c(O)c(C(C)(C)C)c1. The number of amides is 2. The van der Waals surface area contributed by atoms with E-state index >= 15 is 0 Å². The first kappa shape index (κ1) is 34.3. The predicted molar refractivity (Wildman–Crippen MR) is 177 cm³/mol. The Morgan fingerprint density at radius 3 is 2.16 bits per heavy atom. The van der Waals surface area contributed by atoms with Crippen molar-refractivity contribution in [3.05, 3.63) is 86.6 Å². The van der Waals surface area contributed by atoms with Crippen LogP contribution in [0.2, 0.25) is 0 Å². The topological polar surface area (TPSA) is 78.9 Å². The van der Waals surface area contributed by atoms with Crippen LogP contribution in [0, 0.1) is 6.92 Å². The van der Waals surface area contributed by atoms with E-state index in [0.717, 1.165) is 32.7 Å². The molecule has 43 heavy (non-hydrogen) atoms. The first-order valence-corrected chi connectivity index (χ1v) is 16.2. The largest absolute Gasteiger partial charge is 0.507 e. The third-order valence-corrected chi connectivity index (χ3v) is 8.42. The van der Waals surface area contributed by atoms with Crippen LogP contribution >= 0.6 is 11.3 Å². The fourth-order valence-electron chi connectivity index (χ4n) is 5.12. The molecule has 234 valence electrons. The highest BCUT2D eigenvalue weighted by Gasteiger charge is 2.32. The van der Waals surface area contributed by atoms with Gasteiger partial charge in [-0.15, -0.1) is 11.3 Å².